The van der Waals surface area contributed by atoms with E-state index in [1.165, 1.54) is 11.1 Å². The fraction of sp³-hybridized carbons (Fsp3) is 0.286. The second kappa shape index (κ2) is 3.52. The molecule has 0 radical (unpaired) electrons. The van der Waals surface area contributed by atoms with E-state index < -0.39 is 0 Å². The van der Waals surface area contributed by atoms with Crippen LogP contribution in [0.5, 0.6) is 0 Å². The first-order chi connectivity index (χ1) is 7.09. The van der Waals surface area contributed by atoms with Crippen molar-refractivity contribution in [1.82, 2.24) is 0 Å². The molecular weight excluding hydrogens is 182 g/mol. The quantitative estimate of drug-likeness (QED) is 0.596. The van der Waals surface area contributed by atoms with Gasteiger partial charge in [0, 0.05) is 11.6 Å². The van der Waals surface area contributed by atoms with Crippen LogP contribution in [0.2, 0.25) is 0 Å². The Labute approximate surface area is 90.9 Å². The summed E-state index contributed by atoms with van der Waals surface area (Å²) in [4.78, 5) is 4.29. The molecule has 2 rings (SSSR count). The zero-order valence-corrected chi connectivity index (χ0v) is 9.41. The number of rotatable bonds is 0. The van der Waals surface area contributed by atoms with Gasteiger partial charge in [-0.2, -0.15) is 0 Å². The molecule has 1 aliphatic rings. The number of allylic oxidation sites excluding steroid dienone is 3. The summed E-state index contributed by atoms with van der Waals surface area (Å²) in [5, 5.41) is 0. The van der Waals surface area contributed by atoms with Crippen LogP contribution in [0.4, 0.5) is 5.69 Å². The first-order valence-electron chi connectivity index (χ1n) is 5.19. The maximum absolute atomic E-state index is 4.29. The standard InChI is InChI=1S/C14H15N/c1-14(2,3)12-8-6-10-15-13-9-5-4-7-11(12)13/h4-9H,1-3H3. The maximum atomic E-state index is 4.29. The van der Waals surface area contributed by atoms with Crippen molar-refractivity contribution >= 4 is 17.1 Å². The zero-order valence-electron chi connectivity index (χ0n) is 9.41. The van der Waals surface area contributed by atoms with Crippen molar-refractivity contribution in [2.24, 2.45) is 10.4 Å². The molecule has 1 aromatic rings. The number of aliphatic imine (C=N–C) groups is 1. The lowest BCUT2D eigenvalue weighted by molar-refractivity contribution is 0.567. The molecule has 0 N–H and O–H groups in total. The monoisotopic (exact) mass is 197 g/mol. The Morgan fingerprint density at radius 1 is 1.13 bits per heavy atom. The van der Waals surface area contributed by atoms with Crippen molar-refractivity contribution in [3.05, 3.63) is 42.0 Å². The van der Waals surface area contributed by atoms with Gasteiger partial charge in [-0.3, -0.25) is 0 Å². The Hall–Kier alpha value is -1.59. The van der Waals surface area contributed by atoms with Crippen molar-refractivity contribution in [2.45, 2.75) is 20.8 Å². The Morgan fingerprint density at radius 3 is 2.60 bits per heavy atom. The highest BCUT2D eigenvalue weighted by Crippen LogP contribution is 2.38. The summed E-state index contributed by atoms with van der Waals surface area (Å²) in [6.45, 7) is 6.65. The summed E-state index contributed by atoms with van der Waals surface area (Å²) in [6.07, 6.45) is 4.00. The molecule has 1 aliphatic heterocycles. The molecule has 0 amide bonds. The van der Waals surface area contributed by atoms with Gasteiger partial charge in [0.05, 0.1) is 5.69 Å². The van der Waals surface area contributed by atoms with Crippen LogP contribution in [0.1, 0.15) is 26.3 Å². The van der Waals surface area contributed by atoms with Crippen molar-refractivity contribution in [3.8, 4) is 0 Å². The summed E-state index contributed by atoms with van der Waals surface area (Å²) in [5.41, 5.74) is 3.67. The van der Waals surface area contributed by atoms with Gasteiger partial charge in [-0.15, -0.1) is 0 Å². The maximum Gasteiger partial charge on any atom is 0.0804 e. The van der Waals surface area contributed by atoms with Crippen LogP contribution < -0.4 is 0 Å². The number of hydrogen-bond acceptors (Lipinski definition) is 1. The minimum atomic E-state index is 0.133. The summed E-state index contributed by atoms with van der Waals surface area (Å²) in [7, 11) is 0. The topological polar surface area (TPSA) is 12.4 Å². The van der Waals surface area contributed by atoms with Gasteiger partial charge in [-0.25, -0.2) is 4.99 Å². The highest BCUT2D eigenvalue weighted by atomic mass is 14.7. The normalized spacial score (nSPS) is 14.5. The summed E-state index contributed by atoms with van der Waals surface area (Å²) in [5.74, 6) is 2.93. The van der Waals surface area contributed by atoms with Crippen LogP contribution in [-0.4, -0.2) is 5.87 Å². The molecule has 1 aromatic carbocycles. The van der Waals surface area contributed by atoms with Gasteiger partial charge in [0.1, 0.15) is 0 Å². The van der Waals surface area contributed by atoms with Crippen LogP contribution in [0, 0.1) is 5.41 Å². The number of hydrogen-bond donors (Lipinski definition) is 0. The minimum Gasteiger partial charge on any atom is -0.206 e. The fourth-order valence-electron chi connectivity index (χ4n) is 1.77. The van der Waals surface area contributed by atoms with E-state index in [2.05, 4.69) is 49.8 Å². The van der Waals surface area contributed by atoms with E-state index in [-0.39, 0.29) is 5.41 Å². The predicted molar refractivity (Wildman–Crippen MR) is 65.5 cm³/mol. The summed E-state index contributed by atoms with van der Waals surface area (Å²) in [6, 6.07) is 8.21. The van der Waals surface area contributed by atoms with E-state index in [4.69, 9.17) is 0 Å². The summed E-state index contributed by atoms with van der Waals surface area (Å²) >= 11 is 0. The highest BCUT2D eigenvalue weighted by Gasteiger charge is 2.20. The van der Waals surface area contributed by atoms with Gasteiger partial charge in [0.2, 0.25) is 0 Å². The molecule has 0 saturated heterocycles. The summed E-state index contributed by atoms with van der Waals surface area (Å²) < 4.78 is 0. The Morgan fingerprint density at radius 2 is 1.87 bits per heavy atom. The lowest BCUT2D eigenvalue weighted by atomic mass is 9.81. The molecule has 0 unspecified atom stereocenters. The van der Waals surface area contributed by atoms with Crippen LogP contribution >= 0.6 is 0 Å². The molecule has 0 aliphatic carbocycles. The Bertz CT molecular complexity index is 466. The first-order valence-corrected chi connectivity index (χ1v) is 5.19. The highest BCUT2D eigenvalue weighted by molar-refractivity contribution is 5.83. The van der Waals surface area contributed by atoms with Gasteiger partial charge in [-0.1, -0.05) is 39.0 Å². The average molecular weight is 197 g/mol. The van der Waals surface area contributed by atoms with Gasteiger partial charge in [-0.05, 0) is 29.0 Å². The van der Waals surface area contributed by atoms with Crippen LogP contribution in [0.15, 0.2) is 41.4 Å². The van der Waals surface area contributed by atoms with Crippen molar-refractivity contribution in [2.75, 3.05) is 0 Å². The third-order valence-corrected chi connectivity index (χ3v) is 2.51. The predicted octanol–water partition coefficient (Wildman–Crippen LogP) is 3.99. The second-order valence-corrected chi connectivity index (χ2v) is 4.76. The second-order valence-electron chi connectivity index (χ2n) is 4.76. The van der Waals surface area contributed by atoms with Gasteiger partial charge in [0.15, 0.2) is 0 Å². The Balaban J connectivity index is 2.64. The van der Waals surface area contributed by atoms with Gasteiger partial charge >= 0.3 is 0 Å². The molecule has 15 heavy (non-hydrogen) atoms. The number of benzene rings is 1. The SMILES string of the molecule is CC(C)(C)C1=CC=C=Nc2ccccc21. The molecule has 0 aromatic heterocycles. The van der Waals surface area contributed by atoms with Crippen LogP contribution in [0.3, 0.4) is 0 Å². The number of para-hydroxylation sites is 1. The molecule has 0 saturated carbocycles. The lowest BCUT2D eigenvalue weighted by Crippen LogP contribution is -2.08. The lowest BCUT2D eigenvalue weighted by Gasteiger charge is -2.23. The van der Waals surface area contributed by atoms with E-state index in [1.807, 2.05) is 18.2 Å². The van der Waals surface area contributed by atoms with E-state index in [0.717, 1.165) is 5.69 Å². The van der Waals surface area contributed by atoms with Crippen LogP contribution in [0.25, 0.3) is 5.57 Å². The average Bonchev–Trinajstić information content (AvgIpc) is 2.38. The molecule has 76 valence electrons. The number of fused-ring (bicyclic) bond motifs is 1. The number of nitrogens with zero attached hydrogens (tertiary/aromatic N) is 1. The van der Waals surface area contributed by atoms with Crippen molar-refractivity contribution < 1.29 is 0 Å². The van der Waals surface area contributed by atoms with E-state index in [1.54, 1.807) is 0 Å². The molecular formula is C14H15N. The molecule has 1 heteroatoms. The molecule has 1 heterocycles. The molecule has 1 nitrogen and oxygen atoms in total. The van der Waals surface area contributed by atoms with E-state index >= 15 is 0 Å². The van der Waals surface area contributed by atoms with Crippen LogP contribution in [-0.2, 0) is 0 Å². The molecule has 0 fully saturated rings. The third-order valence-electron chi connectivity index (χ3n) is 2.51. The molecule has 0 spiro atoms. The minimum absolute atomic E-state index is 0.133. The molecule has 0 atom stereocenters. The smallest absolute Gasteiger partial charge is 0.0804 e. The largest absolute Gasteiger partial charge is 0.206 e. The fourth-order valence-corrected chi connectivity index (χ4v) is 1.77. The Kier molecular flexibility index (Phi) is 2.34. The molecule has 0 bridgehead atoms. The zero-order chi connectivity index (χ0) is 10.9. The van der Waals surface area contributed by atoms with E-state index in [0.29, 0.717) is 0 Å². The van der Waals surface area contributed by atoms with Gasteiger partial charge < -0.3 is 0 Å². The third kappa shape index (κ3) is 1.93. The van der Waals surface area contributed by atoms with Crippen molar-refractivity contribution in [3.63, 3.8) is 0 Å². The first kappa shape index (κ1) is 9.95. The van der Waals surface area contributed by atoms with Crippen molar-refractivity contribution in [1.29, 1.82) is 0 Å². The van der Waals surface area contributed by atoms with E-state index in [9.17, 15) is 0 Å². The van der Waals surface area contributed by atoms with Gasteiger partial charge in [0.25, 0.3) is 0 Å².